The molecular weight excluding hydrogens is 320 g/mol. The summed E-state index contributed by atoms with van der Waals surface area (Å²) in [5.41, 5.74) is 1.06. The third kappa shape index (κ3) is 2.72. The highest BCUT2D eigenvalue weighted by molar-refractivity contribution is 9.10. The van der Waals surface area contributed by atoms with E-state index in [9.17, 15) is 0 Å². The standard InChI is InChI=1S/C11H14Br2N2/c1-8-10(13)4-5-11(14-8)15-6-2-3-9(12)7-15/h4-5,9H,2-3,6-7H2,1H3. The molecule has 2 heterocycles. The molecule has 0 aromatic carbocycles. The van der Waals surface area contributed by atoms with E-state index in [0.717, 1.165) is 29.1 Å². The number of nitrogens with zero attached hydrogens (tertiary/aromatic N) is 2. The van der Waals surface area contributed by atoms with Gasteiger partial charge in [0.1, 0.15) is 5.82 Å². The Morgan fingerprint density at radius 1 is 1.47 bits per heavy atom. The summed E-state index contributed by atoms with van der Waals surface area (Å²) in [5.74, 6) is 1.10. The van der Waals surface area contributed by atoms with E-state index in [1.807, 2.05) is 6.92 Å². The third-order valence-corrected chi connectivity index (χ3v) is 4.28. The van der Waals surface area contributed by atoms with Crippen LogP contribution in [0.4, 0.5) is 5.82 Å². The van der Waals surface area contributed by atoms with Gasteiger partial charge in [-0.15, -0.1) is 0 Å². The predicted octanol–water partition coefficient (Wildman–Crippen LogP) is 3.52. The molecule has 1 aliphatic rings. The van der Waals surface area contributed by atoms with Gasteiger partial charge in [-0.25, -0.2) is 4.98 Å². The van der Waals surface area contributed by atoms with Gasteiger partial charge in [-0.05, 0) is 47.8 Å². The molecule has 1 atom stereocenters. The fraction of sp³-hybridized carbons (Fsp3) is 0.545. The van der Waals surface area contributed by atoms with E-state index < -0.39 is 0 Å². The quantitative estimate of drug-likeness (QED) is 0.731. The van der Waals surface area contributed by atoms with E-state index in [0.29, 0.717) is 4.83 Å². The van der Waals surface area contributed by atoms with Crippen molar-refractivity contribution >= 4 is 37.7 Å². The smallest absolute Gasteiger partial charge is 0.128 e. The number of rotatable bonds is 1. The van der Waals surface area contributed by atoms with Gasteiger partial charge in [0.25, 0.3) is 0 Å². The number of anilines is 1. The number of halogens is 2. The number of hydrogen-bond donors (Lipinski definition) is 0. The van der Waals surface area contributed by atoms with Crippen LogP contribution in [0.5, 0.6) is 0 Å². The number of hydrogen-bond acceptors (Lipinski definition) is 2. The summed E-state index contributed by atoms with van der Waals surface area (Å²) < 4.78 is 1.08. The topological polar surface area (TPSA) is 16.1 Å². The molecule has 0 amide bonds. The molecule has 1 aromatic rings. The lowest BCUT2D eigenvalue weighted by Gasteiger charge is -2.31. The van der Waals surface area contributed by atoms with Gasteiger partial charge in [0.2, 0.25) is 0 Å². The van der Waals surface area contributed by atoms with E-state index in [1.165, 1.54) is 12.8 Å². The molecule has 0 N–H and O–H groups in total. The second-order valence-electron chi connectivity index (χ2n) is 3.92. The molecule has 0 bridgehead atoms. The van der Waals surface area contributed by atoms with E-state index in [2.05, 4.69) is 53.9 Å². The Morgan fingerprint density at radius 3 is 2.93 bits per heavy atom. The number of aromatic nitrogens is 1. The molecule has 2 nitrogen and oxygen atoms in total. The maximum atomic E-state index is 4.59. The lowest BCUT2D eigenvalue weighted by molar-refractivity contribution is 0.591. The van der Waals surface area contributed by atoms with Crippen molar-refractivity contribution in [2.24, 2.45) is 0 Å². The van der Waals surface area contributed by atoms with Gasteiger partial charge >= 0.3 is 0 Å². The first-order valence-corrected chi connectivity index (χ1v) is 6.90. The molecular formula is C11H14Br2N2. The lowest BCUT2D eigenvalue weighted by Crippen LogP contribution is -2.36. The summed E-state index contributed by atoms with van der Waals surface area (Å²) in [7, 11) is 0. The molecule has 1 fully saturated rings. The van der Waals surface area contributed by atoms with Crippen LogP contribution in [0.1, 0.15) is 18.5 Å². The van der Waals surface area contributed by atoms with Crippen molar-refractivity contribution in [1.82, 2.24) is 4.98 Å². The molecule has 0 saturated carbocycles. The summed E-state index contributed by atoms with van der Waals surface area (Å²) in [6.45, 7) is 4.22. The summed E-state index contributed by atoms with van der Waals surface area (Å²) in [6.07, 6.45) is 2.51. The second kappa shape index (κ2) is 4.83. The first-order chi connectivity index (χ1) is 7.16. The number of aryl methyl sites for hydroxylation is 1. The van der Waals surface area contributed by atoms with Crippen molar-refractivity contribution in [2.75, 3.05) is 18.0 Å². The number of pyridine rings is 1. The average Bonchev–Trinajstić information content (AvgIpc) is 2.22. The first-order valence-electron chi connectivity index (χ1n) is 5.19. The monoisotopic (exact) mass is 332 g/mol. The predicted molar refractivity (Wildman–Crippen MR) is 70.8 cm³/mol. The largest absolute Gasteiger partial charge is 0.355 e. The van der Waals surface area contributed by atoms with E-state index in [4.69, 9.17) is 0 Å². The summed E-state index contributed by atoms with van der Waals surface area (Å²) >= 11 is 7.16. The Bertz CT molecular complexity index is 354. The van der Waals surface area contributed by atoms with Gasteiger partial charge in [0.05, 0.1) is 5.69 Å². The van der Waals surface area contributed by atoms with Crippen molar-refractivity contribution < 1.29 is 0 Å². The number of alkyl halides is 1. The molecule has 82 valence electrons. The van der Waals surface area contributed by atoms with Crippen LogP contribution in [0.2, 0.25) is 0 Å². The summed E-state index contributed by atoms with van der Waals surface area (Å²) in [6, 6.07) is 4.16. The zero-order valence-corrected chi connectivity index (χ0v) is 11.9. The van der Waals surface area contributed by atoms with Crippen molar-refractivity contribution in [3.63, 3.8) is 0 Å². The van der Waals surface area contributed by atoms with Gasteiger partial charge in [-0.1, -0.05) is 15.9 Å². The van der Waals surface area contributed by atoms with Gasteiger partial charge in [-0.3, -0.25) is 0 Å². The molecule has 1 aliphatic heterocycles. The zero-order chi connectivity index (χ0) is 10.8. The van der Waals surface area contributed by atoms with Crippen molar-refractivity contribution in [2.45, 2.75) is 24.6 Å². The minimum atomic E-state index is 0.608. The molecule has 15 heavy (non-hydrogen) atoms. The maximum Gasteiger partial charge on any atom is 0.128 e. The number of piperidine rings is 1. The van der Waals surface area contributed by atoms with Crippen LogP contribution >= 0.6 is 31.9 Å². The minimum absolute atomic E-state index is 0.608. The SMILES string of the molecule is Cc1nc(N2CCCC(Br)C2)ccc1Br. The van der Waals surface area contributed by atoms with E-state index in [1.54, 1.807) is 0 Å². The second-order valence-corrected chi connectivity index (χ2v) is 6.07. The van der Waals surface area contributed by atoms with Crippen LogP contribution in [0, 0.1) is 6.92 Å². The van der Waals surface area contributed by atoms with Crippen LogP contribution in [0.15, 0.2) is 16.6 Å². The van der Waals surface area contributed by atoms with E-state index in [-0.39, 0.29) is 0 Å². The Balaban J connectivity index is 2.18. The van der Waals surface area contributed by atoms with Crippen molar-refractivity contribution in [3.8, 4) is 0 Å². The fourth-order valence-electron chi connectivity index (χ4n) is 1.84. The Labute approximate surface area is 107 Å². The Kier molecular flexibility index (Phi) is 3.67. The van der Waals surface area contributed by atoms with Crippen LogP contribution in [-0.2, 0) is 0 Å². The highest BCUT2D eigenvalue weighted by Gasteiger charge is 2.18. The molecule has 1 aromatic heterocycles. The molecule has 1 unspecified atom stereocenters. The molecule has 0 spiro atoms. The van der Waals surface area contributed by atoms with E-state index >= 15 is 0 Å². The molecule has 1 saturated heterocycles. The summed E-state index contributed by atoms with van der Waals surface area (Å²) in [5, 5.41) is 0. The van der Waals surface area contributed by atoms with Crippen LogP contribution in [-0.4, -0.2) is 22.9 Å². The highest BCUT2D eigenvalue weighted by atomic mass is 79.9. The van der Waals surface area contributed by atoms with Crippen molar-refractivity contribution in [3.05, 3.63) is 22.3 Å². The van der Waals surface area contributed by atoms with Gasteiger partial charge < -0.3 is 4.90 Å². The molecule has 4 heteroatoms. The van der Waals surface area contributed by atoms with Gasteiger partial charge in [-0.2, -0.15) is 0 Å². The zero-order valence-electron chi connectivity index (χ0n) is 8.71. The fourth-order valence-corrected chi connectivity index (χ4v) is 2.73. The maximum absolute atomic E-state index is 4.59. The Hall–Kier alpha value is -0.0900. The highest BCUT2D eigenvalue weighted by Crippen LogP contribution is 2.24. The molecule has 0 radical (unpaired) electrons. The molecule has 0 aliphatic carbocycles. The van der Waals surface area contributed by atoms with Crippen molar-refractivity contribution in [1.29, 1.82) is 0 Å². The first kappa shape index (κ1) is 11.4. The molecule has 2 rings (SSSR count). The normalized spacial score (nSPS) is 21.8. The average molecular weight is 334 g/mol. The lowest BCUT2D eigenvalue weighted by atomic mass is 10.1. The summed E-state index contributed by atoms with van der Waals surface area (Å²) in [4.78, 5) is 7.55. The van der Waals surface area contributed by atoms with Gasteiger partial charge in [0.15, 0.2) is 0 Å². The third-order valence-electron chi connectivity index (χ3n) is 2.69. The van der Waals surface area contributed by atoms with Crippen LogP contribution in [0.25, 0.3) is 0 Å². The Morgan fingerprint density at radius 2 is 2.27 bits per heavy atom. The minimum Gasteiger partial charge on any atom is -0.355 e. The van der Waals surface area contributed by atoms with Gasteiger partial charge in [0, 0.05) is 22.4 Å². The van der Waals surface area contributed by atoms with Crippen LogP contribution < -0.4 is 4.90 Å². The van der Waals surface area contributed by atoms with Crippen LogP contribution in [0.3, 0.4) is 0 Å².